The first-order valence-electron chi connectivity index (χ1n) is 9.34. The monoisotopic (exact) mass is 389 g/mol. The molecule has 0 aliphatic carbocycles. The lowest BCUT2D eigenvalue weighted by Crippen LogP contribution is -2.29. The second-order valence-electron chi connectivity index (χ2n) is 7.38. The fourth-order valence-electron chi connectivity index (χ4n) is 4.24. The van der Waals surface area contributed by atoms with Gasteiger partial charge in [-0.15, -0.1) is 0 Å². The van der Waals surface area contributed by atoms with E-state index in [0.717, 1.165) is 21.9 Å². The number of ether oxygens (including phenoxy) is 1. The van der Waals surface area contributed by atoms with Gasteiger partial charge in [0.2, 0.25) is 0 Å². The maximum atomic E-state index is 13.3. The number of nitrogens with zero attached hydrogens (tertiary/aromatic N) is 1. The van der Waals surface area contributed by atoms with E-state index >= 15 is 0 Å². The van der Waals surface area contributed by atoms with Crippen LogP contribution in [0.1, 0.15) is 39.4 Å². The Bertz CT molecular complexity index is 1270. The molecule has 0 fully saturated rings. The lowest BCUT2D eigenvalue weighted by Gasteiger charge is -2.17. The quantitative estimate of drug-likeness (QED) is 0.453. The minimum absolute atomic E-state index is 0.0163. The van der Waals surface area contributed by atoms with Crippen LogP contribution >= 0.6 is 0 Å². The molecule has 29 heavy (non-hydrogen) atoms. The number of hydrogen-bond acceptors (Lipinski definition) is 4. The number of amides is 1. The highest BCUT2D eigenvalue weighted by Gasteiger charge is 2.34. The maximum absolute atomic E-state index is 13.3. The number of phenols is 1. The van der Waals surface area contributed by atoms with Gasteiger partial charge in [-0.2, -0.15) is 0 Å². The molecule has 146 valence electrons. The molecule has 1 aliphatic heterocycles. The Labute approximate surface area is 165 Å². The van der Waals surface area contributed by atoms with Gasteiger partial charge in [-0.1, -0.05) is 25.1 Å². The lowest BCUT2D eigenvalue weighted by atomic mass is 9.99. The van der Waals surface area contributed by atoms with Gasteiger partial charge < -0.3 is 24.7 Å². The van der Waals surface area contributed by atoms with Crippen LogP contribution in [0.15, 0.2) is 42.5 Å². The number of methoxy groups -OCH3 is 1. The summed E-state index contributed by atoms with van der Waals surface area (Å²) in [6, 6.07) is 12.8. The van der Waals surface area contributed by atoms with Crippen LogP contribution < -0.4 is 4.90 Å². The number of H-pyrrole nitrogens is 2. The van der Waals surface area contributed by atoms with Crippen LogP contribution in [0.3, 0.4) is 0 Å². The molecule has 1 amide bonds. The van der Waals surface area contributed by atoms with E-state index in [9.17, 15) is 14.7 Å². The third-order valence-corrected chi connectivity index (χ3v) is 5.56. The summed E-state index contributed by atoms with van der Waals surface area (Å²) in [6.07, 6.45) is 0. The smallest absolute Gasteiger partial charge is 0.354 e. The molecule has 4 aromatic rings. The van der Waals surface area contributed by atoms with Crippen LogP contribution in [0.5, 0.6) is 5.75 Å². The third kappa shape index (κ3) is 2.51. The Morgan fingerprint density at radius 3 is 2.69 bits per heavy atom. The highest BCUT2D eigenvalue weighted by atomic mass is 16.5. The summed E-state index contributed by atoms with van der Waals surface area (Å²) >= 11 is 0. The normalized spacial score (nSPS) is 15.8. The molecule has 2 aromatic heterocycles. The van der Waals surface area contributed by atoms with Gasteiger partial charge in [-0.3, -0.25) is 4.79 Å². The number of nitrogens with one attached hydrogen (secondary N) is 2. The zero-order chi connectivity index (χ0) is 20.3. The van der Waals surface area contributed by atoms with Gasteiger partial charge in [0, 0.05) is 34.8 Å². The number of hydrogen-bond donors (Lipinski definition) is 3. The zero-order valence-electron chi connectivity index (χ0n) is 15.9. The van der Waals surface area contributed by atoms with Gasteiger partial charge in [-0.25, -0.2) is 4.79 Å². The van der Waals surface area contributed by atoms with Gasteiger partial charge in [0.1, 0.15) is 17.1 Å². The maximum Gasteiger partial charge on any atom is 0.354 e. The van der Waals surface area contributed by atoms with Crippen molar-refractivity contribution in [3.05, 3.63) is 59.4 Å². The fraction of sp³-hybridized carbons (Fsp3) is 0.182. The van der Waals surface area contributed by atoms with Crippen LogP contribution in [-0.4, -0.2) is 40.6 Å². The molecule has 3 N–H and O–H groups in total. The molecule has 1 atom stereocenters. The van der Waals surface area contributed by atoms with E-state index in [-0.39, 0.29) is 23.3 Å². The fourth-order valence-corrected chi connectivity index (χ4v) is 4.24. The van der Waals surface area contributed by atoms with E-state index in [1.54, 1.807) is 17.0 Å². The van der Waals surface area contributed by atoms with Crippen molar-refractivity contribution in [3.8, 4) is 5.75 Å². The topological polar surface area (TPSA) is 98.4 Å². The second kappa shape index (κ2) is 6.13. The van der Waals surface area contributed by atoms with Gasteiger partial charge in [0.15, 0.2) is 0 Å². The molecule has 5 rings (SSSR count). The first kappa shape index (κ1) is 17.4. The number of rotatable bonds is 2. The molecule has 0 bridgehead atoms. The van der Waals surface area contributed by atoms with Crippen molar-refractivity contribution in [2.45, 2.75) is 12.8 Å². The lowest BCUT2D eigenvalue weighted by molar-refractivity contribution is 0.0595. The average Bonchev–Trinajstić information content (AvgIpc) is 3.42. The molecular weight excluding hydrogens is 370 g/mol. The number of benzene rings is 2. The minimum atomic E-state index is -0.508. The predicted molar refractivity (Wildman–Crippen MR) is 110 cm³/mol. The average molecular weight is 389 g/mol. The number of fused-ring (bicyclic) bond motifs is 4. The SMILES string of the molecule is COC(=O)c1cc2c3c(cc(O)c2[nH]1)N(C(=O)c1cc2ccccc2[nH]1)C[C@H]3C. The number of aromatic hydroxyl groups is 1. The van der Waals surface area contributed by atoms with Crippen molar-refractivity contribution >= 4 is 39.4 Å². The van der Waals surface area contributed by atoms with Gasteiger partial charge >= 0.3 is 5.97 Å². The van der Waals surface area contributed by atoms with E-state index in [0.29, 0.717) is 23.4 Å². The molecule has 2 aromatic carbocycles. The Kier molecular flexibility index (Phi) is 3.67. The highest BCUT2D eigenvalue weighted by Crippen LogP contribution is 2.45. The van der Waals surface area contributed by atoms with E-state index in [2.05, 4.69) is 9.97 Å². The highest BCUT2D eigenvalue weighted by molar-refractivity contribution is 6.11. The summed E-state index contributed by atoms with van der Waals surface area (Å²) in [5.41, 5.74) is 3.70. The number of para-hydroxylation sites is 1. The van der Waals surface area contributed by atoms with Crippen molar-refractivity contribution in [2.75, 3.05) is 18.6 Å². The van der Waals surface area contributed by atoms with E-state index in [4.69, 9.17) is 4.74 Å². The van der Waals surface area contributed by atoms with Crippen LogP contribution in [0.25, 0.3) is 21.8 Å². The first-order chi connectivity index (χ1) is 14.0. The van der Waals surface area contributed by atoms with E-state index in [1.165, 1.54) is 7.11 Å². The Morgan fingerprint density at radius 1 is 1.14 bits per heavy atom. The van der Waals surface area contributed by atoms with Crippen molar-refractivity contribution in [1.29, 1.82) is 0 Å². The number of aromatic nitrogens is 2. The largest absolute Gasteiger partial charge is 0.506 e. The molecule has 0 spiro atoms. The summed E-state index contributed by atoms with van der Waals surface area (Å²) in [5, 5.41) is 12.2. The molecule has 1 aliphatic rings. The van der Waals surface area contributed by atoms with Gasteiger partial charge in [-0.05, 0) is 23.8 Å². The second-order valence-corrected chi connectivity index (χ2v) is 7.38. The van der Waals surface area contributed by atoms with Crippen LogP contribution in [-0.2, 0) is 4.74 Å². The van der Waals surface area contributed by atoms with Crippen molar-refractivity contribution in [2.24, 2.45) is 0 Å². The molecule has 0 unspecified atom stereocenters. The summed E-state index contributed by atoms with van der Waals surface area (Å²) in [7, 11) is 1.31. The molecule has 0 radical (unpaired) electrons. The summed E-state index contributed by atoms with van der Waals surface area (Å²) in [5.74, 6) is -0.638. The standard InChI is InChI=1S/C22H19N3O4/c1-11-10-25(21(27)15-7-12-5-3-4-6-14(12)23-15)17-9-18(26)20-13(19(11)17)8-16(24-20)22(28)29-2/h3-9,11,23-24,26H,10H2,1-2H3/t11-/m1/s1. The summed E-state index contributed by atoms with van der Waals surface area (Å²) in [6.45, 7) is 2.51. The molecule has 7 nitrogen and oxygen atoms in total. The molecule has 7 heteroatoms. The Balaban J connectivity index is 1.63. The van der Waals surface area contributed by atoms with Crippen LogP contribution in [0, 0.1) is 0 Å². The Morgan fingerprint density at radius 2 is 1.93 bits per heavy atom. The third-order valence-electron chi connectivity index (χ3n) is 5.56. The van der Waals surface area contributed by atoms with Crippen molar-refractivity contribution in [3.63, 3.8) is 0 Å². The number of aromatic amines is 2. The number of anilines is 1. The minimum Gasteiger partial charge on any atom is -0.506 e. The summed E-state index contributed by atoms with van der Waals surface area (Å²) in [4.78, 5) is 33.0. The zero-order valence-corrected chi connectivity index (χ0v) is 15.9. The number of carbonyl (C=O) groups is 2. The van der Waals surface area contributed by atoms with E-state index in [1.807, 2.05) is 37.3 Å². The molecule has 0 saturated heterocycles. The number of phenolic OH excluding ortho intramolecular Hbond substituents is 1. The van der Waals surface area contributed by atoms with Gasteiger partial charge in [0.05, 0.1) is 18.3 Å². The first-order valence-corrected chi connectivity index (χ1v) is 9.34. The van der Waals surface area contributed by atoms with Crippen molar-refractivity contribution < 1.29 is 19.4 Å². The van der Waals surface area contributed by atoms with Gasteiger partial charge in [0.25, 0.3) is 5.91 Å². The number of carbonyl (C=O) groups excluding carboxylic acids is 2. The van der Waals surface area contributed by atoms with Crippen molar-refractivity contribution in [1.82, 2.24) is 9.97 Å². The van der Waals surface area contributed by atoms with E-state index < -0.39 is 5.97 Å². The molecule has 0 saturated carbocycles. The van der Waals surface area contributed by atoms with Crippen LogP contribution in [0.2, 0.25) is 0 Å². The molecular formula is C22H19N3O4. The predicted octanol–water partition coefficient (Wildman–Crippen LogP) is 3.91. The molecule has 3 heterocycles. The Hall–Kier alpha value is -3.74. The summed E-state index contributed by atoms with van der Waals surface area (Å²) < 4.78 is 4.78. The van der Waals surface area contributed by atoms with Crippen LogP contribution in [0.4, 0.5) is 5.69 Å². The number of esters is 1.